The van der Waals surface area contributed by atoms with Crippen LogP contribution in [0.2, 0.25) is 0 Å². The minimum atomic E-state index is -1.89. The topological polar surface area (TPSA) is 149 Å². The number of benzene rings is 1. The second-order valence-corrected chi connectivity index (χ2v) is 7.97. The molecule has 4 N–H and O–H groups in total. The molecule has 0 saturated carbocycles. The number of nitrogens with one attached hydrogen (secondary N) is 1. The van der Waals surface area contributed by atoms with E-state index in [1.807, 2.05) is 24.3 Å². The monoisotopic (exact) mass is 447 g/mol. The molecular formula is C23H21N5O5. The molecule has 168 valence electrons. The zero-order chi connectivity index (χ0) is 23.3. The second-order valence-electron chi connectivity index (χ2n) is 7.97. The van der Waals surface area contributed by atoms with Crippen LogP contribution in [0.3, 0.4) is 0 Å². The van der Waals surface area contributed by atoms with Crippen LogP contribution in [-0.4, -0.2) is 39.3 Å². The second kappa shape index (κ2) is 7.61. The Morgan fingerprint density at radius 2 is 2.15 bits per heavy atom. The number of amides is 1. The predicted molar refractivity (Wildman–Crippen MR) is 119 cm³/mol. The maximum atomic E-state index is 13.4. The van der Waals surface area contributed by atoms with E-state index in [4.69, 9.17) is 15.5 Å². The van der Waals surface area contributed by atoms with Crippen molar-refractivity contribution in [2.75, 3.05) is 6.54 Å². The molecule has 0 bridgehead atoms. The Labute approximate surface area is 187 Å². The minimum absolute atomic E-state index is 0.0679. The molecule has 0 radical (unpaired) electrons. The average molecular weight is 447 g/mol. The first-order valence-corrected chi connectivity index (χ1v) is 10.5. The van der Waals surface area contributed by atoms with E-state index in [1.165, 1.54) is 6.21 Å². The number of cyclic esters (lactones) is 1. The van der Waals surface area contributed by atoms with E-state index < -0.39 is 17.5 Å². The number of esters is 1. The summed E-state index contributed by atoms with van der Waals surface area (Å²) in [6.45, 7) is 1.49. The number of ether oxygens (including phenoxy) is 1. The standard InChI is InChI=1S/C23H21N5O5/c1-2-23(32)16-7-18-20-14(10-28(18)21(30)15(16)11-33-22(23)31)13(9-25-27-19(29)8-24)12-5-3-4-6-17(12)26-20/h3-7,9,32H,2,8,10-11,24H2,1H3,(H,27,29)/b25-9+/t23-/m0/s1. The van der Waals surface area contributed by atoms with Gasteiger partial charge in [-0.1, -0.05) is 25.1 Å². The first kappa shape index (κ1) is 21.0. The third kappa shape index (κ3) is 3.06. The van der Waals surface area contributed by atoms with Crippen LogP contribution in [0.4, 0.5) is 0 Å². The van der Waals surface area contributed by atoms with Crippen LogP contribution in [0.25, 0.3) is 22.3 Å². The highest BCUT2D eigenvalue weighted by atomic mass is 16.6. The van der Waals surface area contributed by atoms with Crippen LogP contribution < -0.4 is 16.7 Å². The zero-order valence-electron chi connectivity index (χ0n) is 17.8. The molecule has 0 saturated heterocycles. The highest BCUT2D eigenvalue weighted by Gasteiger charge is 2.45. The van der Waals surface area contributed by atoms with Gasteiger partial charge in [0.25, 0.3) is 11.5 Å². The van der Waals surface area contributed by atoms with E-state index in [0.717, 1.165) is 10.9 Å². The summed E-state index contributed by atoms with van der Waals surface area (Å²) in [5.41, 5.74) is 9.13. The molecule has 1 atom stereocenters. The fraction of sp³-hybridized carbons (Fsp3) is 0.261. The van der Waals surface area contributed by atoms with Gasteiger partial charge >= 0.3 is 5.97 Å². The molecule has 3 aromatic rings. The smallest absolute Gasteiger partial charge is 0.343 e. The Morgan fingerprint density at radius 1 is 1.36 bits per heavy atom. The number of nitrogens with two attached hydrogens (primary N) is 1. The molecule has 5 rings (SSSR count). The molecule has 1 aromatic carbocycles. The third-order valence-electron chi connectivity index (χ3n) is 6.21. The molecular weight excluding hydrogens is 426 g/mol. The highest BCUT2D eigenvalue weighted by molar-refractivity contribution is 6.02. The minimum Gasteiger partial charge on any atom is -0.458 e. The van der Waals surface area contributed by atoms with Crippen molar-refractivity contribution in [1.82, 2.24) is 15.0 Å². The summed E-state index contributed by atoms with van der Waals surface area (Å²) in [6.07, 6.45) is 1.58. The molecule has 10 heteroatoms. The number of pyridine rings is 2. The summed E-state index contributed by atoms with van der Waals surface area (Å²) in [5.74, 6) is -1.20. The lowest BCUT2D eigenvalue weighted by atomic mass is 9.86. The van der Waals surface area contributed by atoms with Crippen LogP contribution in [0.15, 0.2) is 40.2 Å². The number of carbonyl (C=O) groups is 2. The van der Waals surface area contributed by atoms with Gasteiger partial charge in [0, 0.05) is 22.1 Å². The molecule has 10 nitrogen and oxygen atoms in total. The normalized spacial score (nSPS) is 18.7. The Morgan fingerprint density at radius 3 is 2.91 bits per heavy atom. The zero-order valence-corrected chi connectivity index (χ0v) is 17.8. The maximum absolute atomic E-state index is 13.4. The van der Waals surface area contributed by atoms with Crippen molar-refractivity contribution >= 4 is 29.0 Å². The van der Waals surface area contributed by atoms with Gasteiger partial charge < -0.3 is 20.1 Å². The van der Waals surface area contributed by atoms with Gasteiger partial charge in [-0.15, -0.1) is 0 Å². The lowest BCUT2D eigenvalue weighted by molar-refractivity contribution is -0.172. The van der Waals surface area contributed by atoms with Crippen molar-refractivity contribution in [2.45, 2.75) is 32.1 Å². The number of aromatic nitrogens is 2. The van der Waals surface area contributed by atoms with Gasteiger partial charge in [0.1, 0.15) is 6.61 Å². The average Bonchev–Trinajstić information content (AvgIpc) is 3.20. The maximum Gasteiger partial charge on any atom is 0.343 e. The van der Waals surface area contributed by atoms with Crippen LogP contribution in [-0.2, 0) is 33.1 Å². The summed E-state index contributed by atoms with van der Waals surface area (Å²) in [5, 5.41) is 15.8. The highest BCUT2D eigenvalue weighted by Crippen LogP contribution is 2.39. The molecule has 2 aliphatic heterocycles. The lowest BCUT2D eigenvalue weighted by Gasteiger charge is -2.31. The number of hydrazone groups is 1. The van der Waals surface area contributed by atoms with E-state index in [2.05, 4.69) is 10.5 Å². The number of fused-ring (bicyclic) bond motifs is 5. The summed E-state index contributed by atoms with van der Waals surface area (Å²) in [7, 11) is 0. The van der Waals surface area contributed by atoms with Gasteiger partial charge in [-0.2, -0.15) is 5.10 Å². The van der Waals surface area contributed by atoms with Crippen LogP contribution >= 0.6 is 0 Å². The van der Waals surface area contributed by atoms with E-state index in [1.54, 1.807) is 17.6 Å². The van der Waals surface area contributed by atoms with Crippen molar-refractivity contribution in [3.05, 3.63) is 62.9 Å². The molecule has 0 unspecified atom stereocenters. The first-order chi connectivity index (χ1) is 15.9. The third-order valence-corrected chi connectivity index (χ3v) is 6.21. The number of hydrogen-bond donors (Lipinski definition) is 3. The molecule has 0 fully saturated rings. The molecule has 4 heterocycles. The number of hydrogen-bond acceptors (Lipinski definition) is 8. The fourth-order valence-electron chi connectivity index (χ4n) is 4.42. The quantitative estimate of drug-likeness (QED) is 0.234. The molecule has 1 amide bonds. The van der Waals surface area contributed by atoms with E-state index in [-0.39, 0.29) is 42.8 Å². The lowest BCUT2D eigenvalue weighted by Crippen LogP contribution is -2.44. The fourth-order valence-corrected chi connectivity index (χ4v) is 4.42. The SMILES string of the molecule is CC[C@@]1(O)C(=O)OCc2c1cc1n(c2=O)Cc2c-1nc1ccccc1c2/C=N/NC(=O)CN. The van der Waals surface area contributed by atoms with E-state index >= 15 is 0 Å². The van der Waals surface area contributed by atoms with Crippen molar-refractivity contribution < 1.29 is 19.4 Å². The number of aliphatic hydroxyl groups is 1. The number of nitrogens with zero attached hydrogens (tertiary/aromatic N) is 3. The Kier molecular flexibility index (Phi) is 4.84. The van der Waals surface area contributed by atoms with Gasteiger partial charge in [0.2, 0.25) is 0 Å². The Bertz CT molecular complexity index is 1430. The Balaban J connectivity index is 1.74. The van der Waals surface area contributed by atoms with Gasteiger partial charge in [0.15, 0.2) is 5.60 Å². The predicted octanol–water partition coefficient (Wildman–Crippen LogP) is 0.488. The Hall–Kier alpha value is -3.89. The summed E-state index contributed by atoms with van der Waals surface area (Å²) in [4.78, 5) is 42.0. The molecule has 0 spiro atoms. The van der Waals surface area contributed by atoms with Crippen LogP contribution in [0, 0.1) is 0 Å². The molecule has 0 aliphatic carbocycles. The summed E-state index contributed by atoms with van der Waals surface area (Å²) >= 11 is 0. The molecule has 2 aromatic heterocycles. The largest absolute Gasteiger partial charge is 0.458 e. The van der Waals surface area contributed by atoms with Crippen molar-refractivity contribution in [2.24, 2.45) is 10.8 Å². The first-order valence-electron chi connectivity index (χ1n) is 10.5. The molecule has 33 heavy (non-hydrogen) atoms. The summed E-state index contributed by atoms with van der Waals surface area (Å²) < 4.78 is 6.67. The van der Waals surface area contributed by atoms with Gasteiger partial charge in [-0.3, -0.25) is 9.59 Å². The van der Waals surface area contributed by atoms with Gasteiger partial charge in [-0.25, -0.2) is 15.2 Å². The van der Waals surface area contributed by atoms with Crippen molar-refractivity contribution in [3.8, 4) is 11.4 Å². The summed E-state index contributed by atoms with van der Waals surface area (Å²) in [6, 6.07) is 9.09. The van der Waals surface area contributed by atoms with Crippen LogP contribution in [0.5, 0.6) is 0 Å². The van der Waals surface area contributed by atoms with Crippen molar-refractivity contribution in [1.29, 1.82) is 0 Å². The van der Waals surface area contributed by atoms with E-state index in [9.17, 15) is 19.5 Å². The van der Waals surface area contributed by atoms with Gasteiger partial charge in [-0.05, 0) is 18.6 Å². The van der Waals surface area contributed by atoms with Crippen molar-refractivity contribution in [3.63, 3.8) is 0 Å². The van der Waals surface area contributed by atoms with E-state index in [0.29, 0.717) is 22.5 Å². The number of carbonyl (C=O) groups excluding carboxylic acids is 2. The number of para-hydroxylation sites is 1. The molecule has 2 aliphatic rings. The van der Waals surface area contributed by atoms with Gasteiger partial charge in [0.05, 0.1) is 41.8 Å². The van der Waals surface area contributed by atoms with Crippen LogP contribution in [0.1, 0.15) is 35.6 Å². The number of rotatable bonds is 4.